The van der Waals surface area contributed by atoms with Gasteiger partial charge in [0.1, 0.15) is 12.0 Å². The van der Waals surface area contributed by atoms with Crippen LogP contribution in [0.1, 0.15) is 33.2 Å². The van der Waals surface area contributed by atoms with Crippen LogP contribution in [-0.4, -0.2) is 39.7 Å². The third-order valence-electron chi connectivity index (χ3n) is 6.57. The van der Waals surface area contributed by atoms with Gasteiger partial charge in [0.25, 0.3) is 5.91 Å². The Morgan fingerprint density at radius 3 is 2.74 bits per heavy atom. The molecule has 0 radical (unpaired) electrons. The number of aromatic nitrogens is 1. The van der Waals surface area contributed by atoms with E-state index in [9.17, 15) is 9.59 Å². The molecule has 1 fully saturated rings. The van der Waals surface area contributed by atoms with Crippen molar-refractivity contribution in [2.45, 2.75) is 22.9 Å². The average Bonchev–Trinajstić information content (AvgIpc) is 3.02. The molecule has 0 aliphatic carbocycles. The second kappa shape index (κ2) is 8.63. The quantitative estimate of drug-likeness (QED) is 0.483. The number of halogens is 1. The lowest BCUT2D eigenvalue weighted by Gasteiger charge is -2.51. The first-order chi connectivity index (χ1) is 16.6. The molecule has 0 saturated carbocycles. The van der Waals surface area contributed by atoms with Crippen molar-refractivity contribution in [3.8, 4) is 5.75 Å². The summed E-state index contributed by atoms with van der Waals surface area (Å²) in [7, 11) is 2.09. The lowest BCUT2D eigenvalue weighted by atomic mass is 9.93. The summed E-state index contributed by atoms with van der Waals surface area (Å²) in [5.41, 5.74) is 2.39. The van der Waals surface area contributed by atoms with Gasteiger partial charge in [-0.25, -0.2) is 4.39 Å². The summed E-state index contributed by atoms with van der Waals surface area (Å²) < 4.78 is 22.2. The number of nitrogens with zero attached hydrogens (tertiary/aromatic N) is 3. The highest BCUT2D eigenvalue weighted by molar-refractivity contribution is 7.99. The molecule has 3 atom stereocenters. The van der Waals surface area contributed by atoms with E-state index in [1.54, 1.807) is 40.5 Å². The number of fused-ring (bicyclic) bond motifs is 4. The number of hydrogen-bond acceptors (Lipinski definition) is 6. The maximum absolute atomic E-state index is 15.1. The minimum absolute atomic E-state index is 0.00470. The number of carbonyl (C=O) groups is 1. The molecule has 6 nitrogen and oxygen atoms in total. The Hall–Kier alpha value is -2.48. The topological polar surface area (TPSA) is 54.8 Å². The van der Waals surface area contributed by atoms with E-state index < -0.39 is 0 Å². The van der Waals surface area contributed by atoms with Crippen LogP contribution < -0.4 is 15.0 Å². The van der Waals surface area contributed by atoms with Crippen LogP contribution in [0.15, 0.2) is 64.4 Å². The standard InChI is InChI=1S/C24H21FN3O3PS2/c25-17-6-3-5-14-16(17)12-34-19-7-2-1-4-15(19)21(14)28-20-13-33-11-10-26(20)24(30)22-23(31-32)18(29)8-9-27(22)28/h1-9,20-21H,10-13,32H2/t20-,21+/m1/s1. The molecule has 34 heavy (non-hydrogen) atoms. The molecule has 1 unspecified atom stereocenters. The zero-order chi connectivity index (χ0) is 23.4. The van der Waals surface area contributed by atoms with Crippen molar-refractivity contribution in [3.63, 3.8) is 0 Å². The molecule has 1 amide bonds. The van der Waals surface area contributed by atoms with Crippen LogP contribution in [-0.2, 0) is 5.75 Å². The van der Waals surface area contributed by atoms with E-state index >= 15 is 4.39 Å². The molecule has 4 heterocycles. The number of carbonyl (C=O) groups excluding carboxylic acids is 1. The SMILES string of the molecule is O=C1c2c(OP)c(=O)ccn2N([C@@H]2c3ccccc3SCc3c(F)cccc32)[C@@H]2CSCCN12. The molecule has 0 spiro atoms. The fourth-order valence-electron chi connectivity index (χ4n) is 5.06. The highest BCUT2D eigenvalue weighted by Gasteiger charge is 2.45. The number of amides is 1. The van der Waals surface area contributed by atoms with Gasteiger partial charge in [0, 0.05) is 46.5 Å². The molecule has 3 aliphatic rings. The molecular formula is C24H21FN3O3PS2. The highest BCUT2D eigenvalue weighted by Crippen LogP contribution is 2.45. The van der Waals surface area contributed by atoms with E-state index in [1.807, 2.05) is 23.1 Å². The normalized spacial score (nSPS) is 21.2. The van der Waals surface area contributed by atoms with Crippen molar-refractivity contribution in [3.05, 3.63) is 93.2 Å². The smallest absolute Gasteiger partial charge is 0.278 e. The Balaban J connectivity index is 1.67. The van der Waals surface area contributed by atoms with Crippen molar-refractivity contribution < 1.29 is 13.7 Å². The summed E-state index contributed by atoms with van der Waals surface area (Å²) in [5, 5.41) is 2.12. The van der Waals surface area contributed by atoms with Crippen LogP contribution in [0.25, 0.3) is 0 Å². The van der Waals surface area contributed by atoms with E-state index in [-0.39, 0.29) is 40.8 Å². The first kappa shape index (κ1) is 22.0. The lowest BCUT2D eigenvalue weighted by Crippen LogP contribution is -2.65. The Morgan fingerprint density at radius 1 is 1.06 bits per heavy atom. The molecule has 1 aromatic heterocycles. The molecule has 0 N–H and O–H groups in total. The van der Waals surface area contributed by atoms with Gasteiger partial charge in [-0.1, -0.05) is 30.3 Å². The van der Waals surface area contributed by atoms with E-state index in [2.05, 4.69) is 26.6 Å². The second-order valence-electron chi connectivity index (χ2n) is 8.29. The number of benzene rings is 2. The Bertz CT molecular complexity index is 1370. The van der Waals surface area contributed by atoms with E-state index in [1.165, 1.54) is 12.1 Å². The van der Waals surface area contributed by atoms with Gasteiger partial charge < -0.3 is 9.42 Å². The predicted molar refractivity (Wildman–Crippen MR) is 136 cm³/mol. The fraction of sp³-hybridized carbons (Fsp3) is 0.250. The third-order valence-corrected chi connectivity index (χ3v) is 8.93. The van der Waals surface area contributed by atoms with Gasteiger partial charge in [-0.05, 0) is 23.3 Å². The predicted octanol–water partition coefficient (Wildman–Crippen LogP) is 4.02. The van der Waals surface area contributed by atoms with Crippen LogP contribution in [0, 0.1) is 5.82 Å². The molecule has 2 aromatic carbocycles. The van der Waals surface area contributed by atoms with Crippen LogP contribution in [0.4, 0.5) is 4.39 Å². The Labute approximate surface area is 206 Å². The zero-order valence-electron chi connectivity index (χ0n) is 18.0. The van der Waals surface area contributed by atoms with Crippen molar-refractivity contribution in [1.29, 1.82) is 0 Å². The van der Waals surface area contributed by atoms with Crippen molar-refractivity contribution >= 4 is 38.9 Å². The van der Waals surface area contributed by atoms with Gasteiger partial charge in [-0.2, -0.15) is 11.8 Å². The molecule has 6 rings (SSSR count). The number of pyridine rings is 1. The van der Waals surface area contributed by atoms with Gasteiger partial charge in [-0.15, -0.1) is 11.8 Å². The molecule has 1 saturated heterocycles. The molecular weight excluding hydrogens is 492 g/mol. The van der Waals surface area contributed by atoms with Gasteiger partial charge in [0.15, 0.2) is 5.69 Å². The Kier molecular flexibility index (Phi) is 5.59. The molecule has 0 bridgehead atoms. The first-order valence-electron chi connectivity index (χ1n) is 10.9. The summed E-state index contributed by atoms with van der Waals surface area (Å²) >= 11 is 3.40. The monoisotopic (exact) mass is 513 g/mol. The van der Waals surface area contributed by atoms with E-state index in [0.717, 1.165) is 21.8 Å². The average molecular weight is 514 g/mol. The maximum Gasteiger partial charge on any atom is 0.278 e. The lowest BCUT2D eigenvalue weighted by molar-refractivity contribution is 0.0590. The summed E-state index contributed by atoms with van der Waals surface area (Å²) in [6, 6.07) is 14.4. The summed E-state index contributed by atoms with van der Waals surface area (Å²) in [6.45, 7) is 0.559. The summed E-state index contributed by atoms with van der Waals surface area (Å²) in [4.78, 5) is 29.1. The molecule has 3 aliphatic heterocycles. The van der Waals surface area contributed by atoms with Crippen molar-refractivity contribution in [2.24, 2.45) is 0 Å². The van der Waals surface area contributed by atoms with Crippen LogP contribution in [0.5, 0.6) is 5.75 Å². The number of thioether (sulfide) groups is 2. The molecule has 3 aromatic rings. The number of rotatable bonds is 2. The number of hydrogen-bond donors (Lipinski definition) is 0. The highest BCUT2D eigenvalue weighted by atomic mass is 32.2. The molecule has 174 valence electrons. The van der Waals surface area contributed by atoms with Gasteiger partial charge >= 0.3 is 0 Å². The zero-order valence-corrected chi connectivity index (χ0v) is 20.8. The Morgan fingerprint density at radius 2 is 1.88 bits per heavy atom. The minimum Gasteiger partial charge on any atom is -0.474 e. The van der Waals surface area contributed by atoms with Crippen molar-refractivity contribution in [1.82, 2.24) is 9.58 Å². The molecule has 10 heteroatoms. The van der Waals surface area contributed by atoms with E-state index in [4.69, 9.17) is 4.52 Å². The fourth-order valence-corrected chi connectivity index (χ4v) is 7.45. The van der Waals surface area contributed by atoms with Crippen molar-refractivity contribution in [2.75, 3.05) is 23.1 Å². The van der Waals surface area contributed by atoms with Crippen LogP contribution >= 0.6 is 33.0 Å². The van der Waals surface area contributed by atoms with Crippen LogP contribution in [0.2, 0.25) is 0 Å². The maximum atomic E-state index is 15.1. The minimum atomic E-state index is -0.366. The summed E-state index contributed by atoms with van der Waals surface area (Å²) in [6.07, 6.45) is 1.37. The first-order valence-corrected chi connectivity index (χ1v) is 13.5. The van der Waals surface area contributed by atoms with Crippen LogP contribution in [0.3, 0.4) is 0 Å². The largest absolute Gasteiger partial charge is 0.474 e. The summed E-state index contributed by atoms with van der Waals surface area (Å²) in [5.74, 6) is 1.56. The van der Waals surface area contributed by atoms with Gasteiger partial charge in [0.05, 0.1) is 15.5 Å². The second-order valence-corrected chi connectivity index (χ2v) is 10.7. The van der Waals surface area contributed by atoms with Gasteiger partial charge in [-0.3, -0.25) is 19.3 Å². The van der Waals surface area contributed by atoms with Gasteiger partial charge in [0.2, 0.25) is 11.2 Å². The third kappa shape index (κ3) is 3.28. The van der Waals surface area contributed by atoms with E-state index in [0.29, 0.717) is 23.6 Å².